The van der Waals surface area contributed by atoms with Crippen molar-refractivity contribution in [2.75, 3.05) is 19.8 Å². The standard InChI is InChI=1S/C15H14ClFN2O5/c1-2-23-14(21)10-6-18-15(22)19-12(10)7-24-13(20)9-4-3-8(17)5-11(9)16/h3-5H,2,6-7H2,1H3,(H2,18,19,22). The SMILES string of the molecule is CCOC(=O)C1=C(COC(=O)c2ccc(F)cc2Cl)NC(=O)NC1. The van der Waals surface area contributed by atoms with Crippen LogP contribution in [0.15, 0.2) is 29.5 Å². The number of hydrogen-bond donors (Lipinski definition) is 2. The Kier molecular flexibility index (Phi) is 5.75. The molecule has 0 radical (unpaired) electrons. The second kappa shape index (κ2) is 7.78. The average Bonchev–Trinajstić information content (AvgIpc) is 2.52. The lowest BCUT2D eigenvalue weighted by molar-refractivity contribution is -0.138. The summed E-state index contributed by atoms with van der Waals surface area (Å²) in [5.74, 6) is -2.03. The van der Waals surface area contributed by atoms with Crippen molar-refractivity contribution >= 4 is 29.6 Å². The molecule has 1 aliphatic heterocycles. The van der Waals surface area contributed by atoms with Crippen LogP contribution in [0.3, 0.4) is 0 Å². The van der Waals surface area contributed by atoms with Crippen LogP contribution in [0.5, 0.6) is 0 Å². The van der Waals surface area contributed by atoms with E-state index in [2.05, 4.69) is 10.6 Å². The molecule has 0 bridgehead atoms. The summed E-state index contributed by atoms with van der Waals surface area (Å²) in [4.78, 5) is 35.2. The first-order valence-corrected chi connectivity index (χ1v) is 7.36. The summed E-state index contributed by atoms with van der Waals surface area (Å²) in [6.45, 7) is 1.39. The minimum atomic E-state index is -0.816. The summed E-state index contributed by atoms with van der Waals surface area (Å²) in [6.07, 6.45) is 0. The van der Waals surface area contributed by atoms with Crippen molar-refractivity contribution in [1.82, 2.24) is 10.6 Å². The number of carbonyl (C=O) groups excluding carboxylic acids is 3. The lowest BCUT2D eigenvalue weighted by Gasteiger charge is -2.21. The number of ether oxygens (including phenoxy) is 2. The van der Waals surface area contributed by atoms with E-state index >= 15 is 0 Å². The van der Waals surface area contributed by atoms with E-state index in [1.54, 1.807) is 6.92 Å². The molecule has 7 nitrogen and oxygen atoms in total. The topological polar surface area (TPSA) is 93.7 Å². The van der Waals surface area contributed by atoms with Crippen LogP contribution in [-0.4, -0.2) is 37.7 Å². The zero-order valence-corrected chi connectivity index (χ0v) is 13.4. The molecule has 0 saturated heterocycles. The highest BCUT2D eigenvalue weighted by molar-refractivity contribution is 6.33. The summed E-state index contributed by atoms with van der Waals surface area (Å²) in [5, 5.41) is 4.72. The molecule has 0 fully saturated rings. The predicted octanol–water partition coefficient (Wildman–Crippen LogP) is 1.77. The van der Waals surface area contributed by atoms with Gasteiger partial charge in [-0.15, -0.1) is 0 Å². The number of benzene rings is 1. The molecule has 2 rings (SSSR count). The highest BCUT2D eigenvalue weighted by Crippen LogP contribution is 2.19. The Morgan fingerprint density at radius 1 is 1.29 bits per heavy atom. The minimum Gasteiger partial charge on any atom is -0.463 e. The van der Waals surface area contributed by atoms with Crippen molar-refractivity contribution in [3.8, 4) is 0 Å². The average molecular weight is 357 g/mol. The van der Waals surface area contributed by atoms with Crippen LogP contribution in [0, 0.1) is 5.82 Å². The van der Waals surface area contributed by atoms with E-state index in [0.717, 1.165) is 12.1 Å². The molecule has 9 heteroatoms. The quantitative estimate of drug-likeness (QED) is 0.784. The van der Waals surface area contributed by atoms with Gasteiger partial charge >= 0.3 is 18.0 Å². The van der Waals surface area contributed by atoms with Gasteiger partial charge in [-0.1, -0.05) is 11.6 Å². The van der Waals surface area contributed by atoms with Crippen LogP contribution in [0.1, 0.15) is 17.3 Å². The van der Waals surface area contributed by atoms with E-state index in [-0.39, 0.29) is 41.6 Å². The summed E-state index contributed by atoms with van der Waals surface area (Å²) < 4.78 is 22.9. The zero-order valence-electron chi connectivity index (χ0n) is 12.7. The van der Waals surface area contributed by atoms with Crippen LogP contribution in [0.2, 0.25) is 5.02 Å². The number of urea groups is 1. The highest BCUT2D eigenvalue weighted by atomic mass is 35.5. The van der Waals surface area contributed by atoms with Crippen molar-refractivity contribution in [1.29, 1.82) is 0 Å². The van der Waals surface area contributed by atoms with Crippen molar-refractivity contribution in [2.45, 2.75) is 6.92 Å². The Balaban J connectivity index is 2.13. The van der Waals surface area contributed by atoms with Crippen molar-refractivity contribution < 1.29 is 28.2 Å². The summed E-state index contributed by atoms with van der Waals surface area (Å²) in [5.41, 5.74) is 0.231. The normalized spacial score (nSPS) is 13.9. The molecule has 0 aromatic heterocycles. The Morgan fingerprint density at radius 2 is 2.04 bits per heavy atom. The van der Waals surface area contributed by atoms with E-state index in [9.17, 15) is 18.8 Å². The molecule has 2 amide bonds. The number of carbonyl (C=O) groups is 3. The van der Waals surface area contributed by atoms with Gasteiger partial charge in [0.25, 0.3) is 0 Å². The largest absolute Gasteiger partial charge is 0.463 e. The molecule has 0 unspecified atom stereocenters. The number of amides is 2. The molecule has 0 spiro atoms. The van der Waals surface area contributed by atoms with Crippen LogP contribution in [-0.2, 0) is 14.3 Å². The number of halogens is 2. The first-order chi connectivity index (χ1) is 11.4. The summed E-state index contributed by atoms with van der Waals surface area (Å²) >= 11 is 5.78. The van der Waals surface area contributed by atoms with E-state index in [0.29, 0.717) is 0 Å². The smallest absolute Gasteiger partial charge is 0.340 e. The Labute approximate surface area is 141 Å². The molecule has 1 aromatic carbocycles. The number of nitrogens with one attached hydrogen (secondary N) is 2. The second-order valence-electron chi connectivity index (χ2n) is 4.69. The molecular weight excluding hydrogens is 343 g/mol. The maximum atomic E-state index is 13.0. The van der Waals surface area contributed by atoms with Crippen LogP contribution < -0.4 is 10.6 Å². The van der Waals surface area contributed by atoms with Gasteiger partial charge in [-0.05, 0) is 25.1 Å². The van der Waals surface area contributed by atoms with E-state index in [1.165, 1.54) is 6.07 Å². The Hall–Kier alpha value is -2.61. The van der Waals surface area contributed by atoms with Gasteiger partial charge < -0.3 is 20.1 Å². The van der Waals surface area contributed by atoms with Gasteiger partial charge in [0.15, 0.2) is 0 Å². The maximum absolute atomic E-state index is 13.0. The molecule has 0 atom stereocenters. The van der Waals surface area contributed by atoms with Gasteiger partial charge in [0.2, 0.25) is 0 Å². The highest BCUT2D eigenvalue weighted by Gasteiger charge is 2.25. The fourth-order valence-electron chi connectivity index (χ4n) is 1.94. The monoisotopic (exact) mass is 356 g/mol. The molecule has 0 saturated carbocycles. The van der Waals surface area contributed by atoms with Crippen molar-refractivity contribution in [3.63, 3.8) is 0 Å². The lowest BCUT2D eigenvalue weighted by atomic mass is 10.1. The van der Waals surface area contributed by atoms with Crippen LogP contribution in [0.25, 0.3) is 0 Å². The van der Waals surface area contributed by atoms with Gasteiger partial charge in [0.05, 0.1) is 35.0 Å². The van der Waals surface area contributed by atoms with Gasteiger partial charge in [0.1, 0.15) is 12.4 Å². The van der Waals surface area contributed by atoms with Gasteiger partial charge in [-0.2, -0.15) is 0 Å². The molecule has 1 aromatic rings. The Morgan fingerprint density at radius 3 is 2.71 bits per heavy atom. The van der Waals surface area contributed by atoms with E-state index in [1.807, 2.05) is 0 Å². The molecule has 1 heterocycles. The maximum Gasteiger partial charge on any atom is 0.340 e. The molecule has 128 valence electrons. The van der Waals surface area contributed by atoms with Crippen molar-refractivity contribution in [3.05, 3.63) is 45.9 Å². The molecule has 2 N–H and O–H groups in total. The fourth-order valence-corrected chi connectivity index (χ4v) is 2.18. The third-order valence-electron chi connectivity index (χ3n) is 3.07. The first kappa shape index (κ1) is 17.7. The lowest BCUT2D eigenvalue weighted by Crippen LogP contribution is -2.45. The van der Waals surface area contributed by atoms with Gasteiger partial charge in [0, 0.05) is 0 Å². The third-order valence-corrected chi connectivity index (χ3v) is 3.39. The fraction of sp³-hybridized carbons (Fsp3) is 0.267. The predicted molar refractivity (Wildman–Crippen MR) is 81.9 cm³/mol. The zero-order chi connectivity index (χ0) is 17.7. The first-order valence-electron chi connectivity index (χ1n) is 6.98. The summed E-state index contributed by atoms with van der Waals surface area (Å²) in [7, 11) is 0. The van der Waals surface area contributed by atoms with Crippen LogP contribution in [0.4, 0.5) is 9.18 Å². The number of rotatable bonds is 5. The molecule has 1 aliphatic rings. The number of hydrogen-bond acceptors (Lipinski definition) is 5. The Bertz CT molecular complexity index is 720. The third kappa shape index (κ3) is 4.23. The minimum absolute atomic E-state index is 0.0309. The van der Waals surface area contributed by atoms with Gasteiger partial charge in [-0.25, -0.2) is 18.8 Å². The molecular formula is C15H14ClFN2O5. The summed E-state index contributed by atoms with van der Waals surface area (Å²) in [6, 6.07) is 2.70. The second-order valence-corrected chi connectivity index (χ2v) is 5.09. The van der Waals surface area contributed by atoms with Crippen LogP contribution >= 0.6 is 11.6 Å². The molecule has 0 aliphatic carbocycles. The van der Waals surface area contributed by atoms with E-state index in [4.69, 9.17) is 21.1 Å². The van der Waals surface area contributed by atoms with Crippen molar-refractivity contribution in [2.24, 2.45) is 0 Å². The number of esters is 2. The van der Waals surface area contributed by atoms with Gasteiger partial charge in [-0.3, -0.25) is 0 Å². The molecule has 24 heavy (non-hydrogen) atoms. The van der Waals surface area contributed by atoms with E-state index < -0.39 is 23.8 Å².